The summed E-state index contributed by atoms with van der Waals surface area (Å²) in [6.45, 7) is 6.76. The number of aryl methyl sites for hydroxylation is 1. The minimum atomic E-state index is -0.372. The summed E-state index contributed by atoms with van der Waals surface area (Å²) in [7, 11) is 0. The maximum atomic E-state index is 11.3. The second kappa shape index (κ2) is 6.92. The van der Waals surface area contributed by atoms with E-state index in [2.05, 4.69) is 10.4 Å². The topological polar surface area (TPSA) is 56.1 Å². The highest BCUT2D eigenvalue weighted by molar-refractivity contribution is 5.67. The van der Waals surface area contributed by atoms with Crippen LogP contribution in [0.25, 0.3) is 5.69 Å². The second-order valence-corrected chi connectivity index (χ2v) is 4.79. The first kappa shape index (κ1) is 15.1. The van der Waals surface area contributed by atoms with Crippen LogP contribution in [-0.2, 0) is 11.2 Å². The molecule has 0 aliphatic carbocycles. The molecule has 0 aliphatic rings. The van der Waals surface area contributed by atoms with Crippen LogP contribution < -0.4 is 5.32 Å². The van der Waals surface area contributed by atoms with Crippen LogP contribution >= 0.6 is 0 Å². The average molecular weight is 287 g/mol. The lowest BCUT2D eigenvalue weighted by atomic mass is 10.1. The van der Waals surface area contributed by atoms with Gasteiger partial charge >= 0.3 is 6.09 Å². The first-order valence-corrected chi connectivity index (χ1v) is 7.14. The molecule has 112 valence electrons. The number of rotatable bonds is 5. The predicted octanol–water partition coefficient (Wildman–Crippen LogP) is 2.78. The summed E-state index contributed by atoms with van der Waals surface area (Å²) in [5.74, 6) is 0. The summed E-state index contributed by atoms with van der Waals surface area (Å²) < 4.78 is 6.78. The molecule has 0 aliphatic heterocycles. The highest BCUT2D eigenvalue weighted by Crippen LogP contribution is 2.17. The van der Waals surface area contributed by atoms with E-state index in [1.54, 1.807) is 6.92 Å². The number of carbonyl (C=O) groups excluding carboxylic acids is 1. The van der Waals surface area contributed by atoms with Gasteiger partial charge in [0.1, 0.15) is 0 Å². The van der Waals surface area contributed by atoms with E-state index in [0.29, 0.717) is 13.2 Å². The SMILES string of the molecule is CCOC(=O)NCCc1c(C)nn(-c2ccccc2)c1C. The Kier molecular flexibility index (Phi) is 4.98. The van der Waals surface area contributed by atoms with Gasteiger partial charge in [-0.15, -0.1) is 0 Å². The summed E-state index contributed by atoms with van der Waals surface area (Å²) in [5, 5.41) is 7.32. The molecule has 0 saturated carbocycles. The molecule has 1 heterocycles. The van der Waals surface area contributed by atoms with Gasteiger partial charge in [0.25, 0.3) is 0 Å². The molecule has 0 atom stereocenters. The molecule has 5 heteroatoms. The van der Waals surface area contributed by atoms with Crippen LogP contribution in [0.2, 0.25) is 0 Å². The third kappa shape index (κ3) is 3.62. The highest BCUT2D eigenvalue weighted by atomic mass is 16.5. The Hall–Kier alpha value is -2.30. The molecule has 2 rings (SSSR count). The zero-order valence-corrected chi connectivity index (χ0v) is 12.7. The standard InChI is InChI=1S/C16H21N3O2/c1-4-21-16(20)17-11-10-15-12(2)18-19(13(15)3)14-8-6-5-7-9-14/h5-9H,4,10-11H2,1-3H3,(H,17,20). The van der Waals surface area contributed by atoms with Gasteiger partial charge in [0.15, 0.2) is 0 Å². The molecule has 5 nitrogen and oxygen atoms in total. The van der Waals surface area contributed by atoms with Crippen molar-refractivity contribution in [1.82, 2.24) is 15.1 Å². The van der Waals surface area contributed by atoms with E-state index in [1.807, 2.05) is 48.9 Å². The number of ether oxygens (including phenoxy) is 1. The molecule has 1 aromatic heterocycles. The molecule has 1 N–H and O–H groups in total. The maximum Gasteiger partial charge on any atom is 0.407 e. The minimum Gasteiger partial charge on any atom is -0.450 e. The van der Waals surface area contributed by atoms with Gasteiger partial charge in [-0.05, 0) is 44.9 Å². The number of alkyl carbamates (subject to hydrolysis) is 1. The van der Waals surface area contributed by atoms with Gasteiger partial charge < -0.3 is 10.1 Å². The zero-order valence-electron chi connectivity index (χ0n) is 12.7. The number of aromatic nitrogens is 2. The van der Waals surface area contributed by atoms with Crippen LogP contribution in [0.15, 0.2) is 30.3 Å². The number of benzene rings is 1. The molecule has 0 unspecified atom stereocenters. The van der Waals surface area contributed by atoms with Gasteiger partial charge in [0.2, 0.25) is 0 Å². The molecule has 0 saturated heterocycles. The molecule has 0 spiro atoms. The van der Waals surface area contributed by atoms with Crippen LogP contribution in [-0.4, -0.2) is 29.0 Å². The Morgan fingerprint density at radius 1 is 1.29 bits per heavy atom. The van der Waals surface area contributed by atoms with E-state index in [4.69, 9.17) is 4.74 Å². The second-order valence-electron chi connectivity index (χ2n) is 4.79. The van der Waals surface area contributed by atoms with Crippen molar-refractivity contribution in [2.75, 3.05) is 13.2 Å². The quantitative estimate of drug-likeness (QED) is 0.920. The van der Waals surface area contributed by atoms with E-state index in [0.717, 1.165) is 29.1 Å². The Balaban J connectivity index is 2.08. The summed E-state index contributed by atoms with van der Waals surface area (Å²) in [6, 6.07) is 10.0. The zero-order chi connectivity index (χ0) is 15.2. The van der Waals surface area contributed by atoms with Crippen molar-refractivity contribution in [3.05, 3.63) is 47.3 Å². The fraction of sp³-hybridized carbons (Fsp3) is 0.375. The number of nitrogens with one attached hydrogen (secondary N) is 1. The first-order chi connectivity index (χ1) is 10.1. The Morgan fingerprint density at radius 2 is 2.00 bits per heavy atom. The maximum absolute atomic E-state index is 11.3. The lowest BCUT2D eigenvalue weighted by Gasteiger charge is -2.07. The van der Waals surface area contributed by atoms with Crippen molar-refractivity contribution in [2.45, 2.75) is 27.2 Å². The van der Waals surface area contributed by atoms with Crippen molar-refractivity contribution < 1.29 is 9.53 Å². The van der Waals surface area contributed by atoms with E-state index in [9.17, 15) is 4.79 Å². The van der Waals surface area contributed by atoms with Gasteiger partial charge in [-0.3, -0.25) is 0 Å². The van der Waals surface area contributed by atoms with Crippen molar-refractivity contribution in [3.63, 3.8) is 0 Å². The van der Waals surface area contributed by atoms with Crippen LogP contribution in [0.1, 0.15) is 23.9 Å². The van der Waals surface area contributed by atoms with Crippen molar-refractivity contribution >= 4 is 6.09 Å². The Morgan fingerprint density at radius 3 is 2.67 bits per heavy atom. The average Bonchev–Trinajstić information content (AvgIpc) is 2.76. The first-order valence-electron chi connectivity index (χ1n) is 7.14. The molecule has 1 amide bonds. The predicted molar refractivity (Wildman–Crippen MR) is 81.8 cm³/mol. The number of nitrogens with zero attached hydrogens (tertiary/aromatic N) is 2. The number of hydrogen-bond acceptors (Lipinski definition) is 3. The molecule has 21 heavy (non-hydrogen) atoms. The van der Waals surface area contributed by atoms with E-state index < -0.39 is 0 Å². The molecule has 0 bridgehead atoms. The number of amides is 1. The third-order valence-corrected chi connectivity index (χ3v) is 3.36. The molecule has 1 aromatic carbocycles. The molecular weight excluding hydrogens is 266 g/mol. The van der Waals surface area contributed by atoms with Crippen LogP contribution in [0.4, 0.5) is 4.79 Å². The smallest absolute Gasteiger partial charge is 0.407 e. The number of carbonyl (C=O) groups is 1. The summed E-state index contributed by atoms with van der Waals surface area (Å²) in [4.78, 5) is 11.3. The van der Waals surface area contributed by atoms with Gasteiger partial charge in [-0.1, -0.05) is 18.2 Å². The third-order valence-electron chi connectivity index (χ3n) is 3.36. The summed E-state index contributed by atoms with van der Waals surface area (Å²) in [5.41, 5.74) is 4.30. The number of hydrogen-bond donors (Lipinski definition) is 1. The van der Waals surface area contributed by atoms with Gasteiger partial charge in [0.05, 0.1) is 18.0 Å². The largest absolute Gasteiger partial charge is 0.450 e. The van der Waals surface area contributed by atoms with Crippen LogP contribution in [0.5, 0.6) is 0 Å². The van der Waals surface area contributed by atoms with E-state index >= 15 is 0 Å². The van der Waals surface area contributed by atoms with E-state index in [1.165, 1.54) is 0 Å². The van der Waals surface area contributed by atoms with E-state index in [-0.39, 0.29) is 6.09 Å². The normalized spacial score (nSPS) is 10.4. The Labute approximate surface area is 124 Å². The fourth-order valence-corrected chi connectivity index (χ4v) is 2.33. The molecule has 0 fully saturated rings. The summed E-state index contributed by atoms with van der Waals surface area (Å²) in [6.07, 6.45) is 0.367. The Bertz CT molecular complexity index is 605. The molecular formula is C16H21N3O2. The lowest BCUT2D eigenvalue weighted by molar-refractivity contribution is 0.152. The van der Waals surface area contributed by atoms with Crippen molar-refractivity contribution in [2.24, 2.45) is 0 Å². The molecule has 2 aromatic rings. The van der Waals surface area contributed by atoms with Gasteiger partial charge in [-0.25, -0.2) is 9.48 Å². The fourth-order valence-electron chi connectivity index (χ4n) is 2.33. The monoisotopic (exact) mass is 287 g/mol. The lowest BCUT2D eigenvalue weighted by Crippen LogP contribution is -2.26. The minimum absolute atomic E-state index is 0.372. The van der Waals surface area contributed by atoms with Crippen molar-refractivity contribution in [1.29, 1.82) is 0 Å². The van der Waals surface area contributed by atoms with Crippen LogP contribution in [0.3, 0.4) is 0 Å². The van der Waals surface area contributed by atoms with Crippen molar-refractivity contribution in [3.8, 4) is 5.69 Å². The highest BCUT2D eigenvalue weighted by Gasteiger charge is 2.12. The van der Waals surface area contributed by atoms with Crippen LogP contribution in [0, 0.1) is 13.8 Å². The summed E-state index contributed by atoms with van der Waals surface area (Å²) >= 11 is 0. The van der Waals surface area contributed by atoms with Gasteiger partial charge in [-0.2, -0.15) is 5.10 Å². The van der Waals surface area contributed by atoms with Gasteiger partial charge in [0, 0.05) is 12.2 Å². The molecule has 0 radical (unpaired) electrons. The number of para-hydroxylation sites is 1.